The second-order valence-electron chi connectivity index (χ2n) is 4.88. The Morgan fingerprint density at radius 1 is 1.20 bits per heavy atom. The molecule has 0 N–H and O–H groups in total. The summed E-state index contributed by atoms with van der Waals surface area (Å²) in [4.78, 5) is 16.4. The standard InChI is InChI=1S/C16H21NO3/c1-3-5-8-12-9-7-10-13-14(12)15(18)20-16(17-13)19-11-6-4-2/h7,9-10H,3-6,8,11H2,1-2H3. The Bertz CT molecular complexity index is 619. The lowest BCUT2D eigenvalue weighted by atomic mass is 10.0. The highest BCUT2D eigenvalue weighted by Gasteiger charge is 2.11. The first-order valence-electron chi connectivity index (χ1n) is 7.31. The largest absolute Gasteiger partial charge is 0.450 e. The minimum Gasteiger partial charge on any atom is -0.450 e. The molecule has 1 heterocycles. The molecule has 0 aliphatic carbocycles. The molecule has 0 amide bonds. The van der Waals surface area contributed by atoms with Gasteiger partial charge in [0.15, 0.2) is 0 Å². The maximum Gasteiger partial charge on any atom is 0.397 e. The van der Waals surface area contributed by atoms with Crippen molar-refractivity contribution in [2.75, 3.05) is 6.61 Å². The zero-order valence-corrected chi connectivity index (χ0v) is 12.1. The van der Waals surface area contributed by atoms with Crippen LogP contribution in [0.3, 0.4) is 0 Å². The normalized spacial score (nSPS) is 10.9. The van der Waals surface area contributed by atoms with Gasteiger partial charge in [-0.15, -0.1) is 0 Å². The predicted molar refractivity (Wildman–Crippen MR) is 79.3 cm³/mol. The van der Waals surface area contributed by atoms with Crippen molar-refractivity contribution in [2.24, 2.45) is 0 Å². The number of fused-ring (bicyclic) bond motifs is 1. The van der Waals surface area contributed by atoms with Gasteiger partial charge in [0.2, 0.25) is 0 Å². The van der Waals surface area contributed by atoms with E-state index in [0.29, 0.717) is 17.5 Å². The minimum atomic E-state index is -0.354. The fraction of sp³-hybridized carbons (Fsp3) is 0.500. The van der Waals surface area contributed by atoms with Gasteiger partial charge in [-0.3, -0.25) is 0 Å². The molecule has 0 atom stereocenters. The van der Waals surface area contributed by atoms with Crippen molar-refractivity contribution in [1.82, 2.24) is 4.98 Å². The number of aromatic nitrogens is 1. The number of hydrogen-bond acceptors (Lipinski definition) is 4. The summed E-state index contributed by atoms with van der Waals surface area (Å²) in [5, 5.41) is 0.587. The summed E-state index contributed by atoms with van der Waals surface area (Å²) < 4.78 is 10.5. The molecule has 4 heteroatoms. The molecule has 20 heavy (non-hydrogen) atoms. The summed E-state index contributed by atoms with van der Waals surface area (Å²) in [5.74, 6) is 0. The van der Waals surface area contributed by atoms with Crippen LogP contribution < -0.4 is 10.4 Å². The molecule has 0 radical (unpaired) electrons. The molecule has 2 rings (SSSR count). The van der Waals surface area contributed by atoms with Crippen LogP contribution in [-0.4, -0.2) is 11.6 Å². The zero-order chi connectivity index (χ0) is 14.4. The van der Waals surface area contributed by atoms with Gasteiger partial charge in [-0.25, -0.2) is 4.79 Å². The molecule has 1 aromatic carbocycles. The van der Waals surface area contributed by atoms with Gasteiger partial charge < -0.3 is 9.15 Å². The second kappa shape index (κ2) is 7.08. The SMILES string of the molecule is CCCCOc1nc2cccc(CCCC)c2c(=O)o1. The number of rotatable bonds is 7. The summed E-state index contributed by atoms with van der Waals surface area (Å²) in [7, 11) is 0. The Kier molecular flexibility index (Phi) is 5.16. The number of hydrogen-bond donors (Lipinski definition) is 0. The van der Waals surface area contributed by atoms with Crippen LogP contribution in [0.5, 0.6) is 6.08 Å². The third-order valence-electron chi connectivity index (χ3n) is 3.25. The second-order valence-corrected chi connectivity index (χ2v) is 4.88. The van der Waals surface area contributed by atoms with Crippen LogP contribution in [0.2, 0.25) is 0 Å². The predicted octanol–water partition coefficient (Wildman–Crippen LogP) is 3.71. The molecule has 0 fully saturated rings. The van der Waals surface area contributed by atoms with E-state index >= 15 is 0 Å². The van der Waals surface area contributed by atoms with E-state index in [1.807, 2.05) is 18.2 Å². The summed E-state index contributed by atoms with van der Waals surface area (Å²) >= 11 is 0. The van der Waals surface area contributed by atoms with Crippen LogP contribution in [0.25, 0.3) is 10.9 Å². The average Bonchev–Trinajstić information content (AvgIpc) is 2.45. The van der Waals surface area contributed by atoms with E-state index in [2.05, 4.69) is 18.8 Å². The number of aryl methyl sites for hydroxylation is 1. The van der Waals surface area contributed by atoms with Crippen molar-refractivity contribution in [3.05, 3.63) is 34.2 Å². The molecule has 0 spiro atoms. The third kappa shape index (κ3) is 3.38. The van der Waals surface area contributed by atoms with E-state index in [-0.39, 0.29) is 11.7 Å². The number of benzene rings is 1. The molecule has 0 aliphatic heterocycles. The third-order valence-corrected chi connectivity index (χ3v) is 3.25. The molecule has 108 valence electrons. The molecule has 1 aromatic heterocycles. The fourth-order valence-electron chi connectivity index (χ4n) is 2.11. The lowest BCUT2D eigenvalue weighted by Gasteiger charge is -2.06. The molecular weight excluding hydrogens is 254 g/mol. The van der Waals surface area contributed by atoms with E-state index in [1.54, 1.807) is 0 Å². The zero-order valence-electron chi connectivity index (χ0n) is 12.1. The molecular formula is C16H21NO3. The van der Waals surface area contributed by atoms with Crippen LogP contribution in [0.15, 0.2) is 27.4 Å². The Hall–Kier alpha value is -1.84. The van der Waals surface area contributed by atoms with E-state index in [9.17, 15) is 4.79 Å². The smallest absolute Gasteiger partial charge is 0.397 e. The van der Waals surface area contributed by atoms with Crippen molar-refractivity contribution < 1.29 is 9.15 Å². The van der Waals surface area contributed by atoms with Crippen LogP contribution in [-0.2, 0) is 6.42 Å². The lowest BCUT2D eigenvalue weighted by Crippen LogP contribution is -2.08. The van der Waals surface area contributed by atoms with Crippen molar-refractivity contribution in [2.45, 2.75) is 46.0 Å². The van der Waals surface area contributed by atoms with E-state index in [0.717, 1.165) is 37.7 Å². The molecule has 0 unspecified atom stereocenters. The van der Waals surface area contributed by atoms with Crippen LogP contribution in [0.4, 0.5) is 0 Å². The minimum absolute atomic E-state index is 0.0728. The Morgan fingerprint density at radius 3 is 2.75 bits per heavy atom. The quantitative estimate of drug-likeness (QED) is 0.723. The Labute approximate surface area is 118 Å². The number of unbranched alkanes of at least 4 members (excludes halogenated alkanes) is 2. The van der Waals surface area contributed by atoms with Crippen LogP contribution in [0, 0.1) is 0 Å². The molecule has 2 aromatic rings. The van der Waals surface area contributed by atoms with Crippen molar-refractivity contribution in [3.8, 4) is 6.08 Å². The summed E-state index contributed by atoms with van der Waals surface area (Å²) in [6.45, 7) is 4.73. The van der Waals surface area contributed by atoms with Gasteiger partial charge in [-0.2, -0.15) is 4.98 Å². The van der Waals surface area contributed by atoms with Gasteiger partial charge >= 0.3 is 11.7 Å². The monoisotopic (exact) mass is 275 g/mol. The first kappa shape index (κ1) is 14.6. The fourth-order valence-corrected chi connectivity index (χ4v) is 2.11. The number of ether oxygens (including phenoxy) is 1. The first-order chi connectivity index (χ1) is 9.76. The van der Waals surface area contributed by atoms with Gasteiger partial charge in [-0.05, 0) is 30.9 Å². The highest BCUT2D eigenvalue weighted by atomic mass is 16.6. The topological polar surface area (TPSA) is 52.3 Å². The van der Waals surface area contributed by atoms with Crippen LogP contribution >= 0.6 is 0 Å². The Balaban J connectivity index is 2.33. The van der Waals surface area contributed by atoms with Gasteiger partial charge in [0.05, 0.1) is 17.5 Å². The van der Waals surface area contributed by atoms with E-state index in [4.69, 9.17) is 9.15 Å². The van der Waals surface area contributed by atoms with E-state index in [1.165, 1.54) is 0 Å². The van der Waals surface area contributed by atoms with Gasteiger partial charge in [0.25, 0.3) is 0 Å². The molecule has 0 bridgehead atoms. The molecule has 4 nitrogen and oxygen atoms in total. The van der Waals surface area contributed by atoms with Gasteiger partial charge in [0.1, 0.15) is 0 Å². The molecule has 0 saturated heterocycles. The average molecular weight is 275 g/mol. The Morgan fingerprint density at radius 2 is 2.00 bits per heavy atom. The highest BCUT2D eigenvalue weighted by molar-refractivity contribution is 5.80. The molecule has 0 saturated carbocycles. The first-order valence-corrected chi connectivity index (χ1v) is 7.31. The maximum absolute atomic E-state index is 12.1. The number of nitrogens with zero attached hydrogens (tertiary/aromatic N) is 1. The van der Waals surface area contributed by atoms with Crippen LogP contribution in [0.1, 0.15) is 45.1 Å². The van der Waals surface area contributed by atoms with Crippen molar-refractivity contribution >= 4 is 10.9 Å². The van der Waals surface area contributed by atoms with Gasteiger partial charge in [-0.1, -0.05) is 38.8 Å². The lowest BCUT2D eigenvalue weighted by molar-refractivity contribution is 0.213. The highest BCUT2D eigenvalue weighted by Crippen LogP contribution is 2.18. The van der Waals surface area contributed by atoms with Crippen molar-refractivity contribution in [3.63, 3.8) is 0 Å². The maximum atomic E-state index is 12.1. The molecule has 0 aliphatic rings. The summed E-state index contributed by atoms with van der Waals surface area (Å²) in [6.07, 6.45) is 5.03. The van der Waals surface area contributed by atoms with Gasteiger partial charge in [0, 0.05) is 0 Å². The summed E-state index contributed by atoms with van der Waals surface area (Å²) in [5.41, 5.74) is 1.31. The van der Waals surface area contributed by atoms with Crippen molar-refractivity contribution in [1.29, 1.82) is 0 Å². The summed E-state index contributed by atoms with van der Waals surface area (Å²) in [6, 6.07) is 5.72. The van der Waals surface area contributed by atoms with E-state index < -0.39 is 0 Å².